The van der Waals surface area contributed by atoms with Gasteiger partial charge >= 0.3 is 0 Å². The Kier molecular flexibility index (Phi) is 4.81. The summed E-state index contributed by atoms with van der Waals surface area (Å²) in [7, 11) is 1.57. The molecule has 3 aromatic rings. The molecule has 1 N–H and O–H groups in total. The summed E-state index contributed by atoms with van der Waals surface area (Å²) in [5.74, 6) is -1.40. The number of nitrogens with one attached hydrogen (secondary N) is 1. The summed E-state index contributed by atoms with van der Waals surface area (Å²) >= 11 is 5.86. The van der Waals surface area contributed by atoms with Crippen molar-refractivity contribution in [2.45, 2.75) is 6.67 Å². The lowest BCUT2D eigenvalue weighted by Gasteiger charge is -2.13. The molecular weight excluding hydrogens is 348 g/mol. The maximum atomic E-state index is 14.6. The number of hydrogen-bond donors (Lipinski definition) is 1. The molecule has 2 aromatic carbocycles. The van der Waals surface area contributed by atoms with Crippen molar-refractivity contribution in [3.63, 3.8) is 0 Å². The highest BCUT2D eigenvalue weighted by Crippen LogP contribution is 2.34. The van der Waals surface area contributed by atoms with Crippen LogP contribution >= 0.6 is 11.6 Å². The first kappa shape index (κ1) is 17.1. The van der Waals surface area contributed by atoms with Gasteiger partial charge in [-0.15, -0.1) is 0 Å². The molecule has 0 fully saturated rings. The van der Waals surface area contributed by atoms with Crippen molar-refractivity contribution in [2.75, 3.05) is 5.32 Å². The minimum atomic E-state index is -0.896. The Hall–Kier alpha value is -2.73. The van der Waals surface area contributed by atoms with Crippen LogP contribution < -0.4 is 5.32 Å². The van der Waals surface area contributed by atoms with Crippen LogP contribution in [0.3, 0.4) is 0 Å². The molecule has 0 aliphatic carbocycles. The first-order chi connectivity index (χ1) is 12.0. The van der Waals surface area contributed by atoms with Crippen LogP contribution in [0.15, 0.2) is 48.7 Å². The monoisotopic (exact) mass is 361 g/mol. The van der Waals surface area contributed by atoms with Gasteiger partial charge in [-0.2, -0.15) is 5.10 Å². The zero-order valence-electron chi connectivity index (χ0n) is 13.3. The lowest BCUT2D eigenvalue weighted by Crippen LogP contribution is -2.15. The quantitative estimate of drug-likeness (QED) is 0.738. The molecule has 0 aliphatic rings. The number of aromatic nitrogens is 2. The van der Waals surface area contributed by atoms with Crippen LogP contribution in [0.25, 0.3) is 11.1 Å². The van der Waals surface area contributed by atoms with Crippen molar-refractivity contribution in [2.24, 2.45) is 7.05 Å². The van der Waals surface area contributed by atoms with E-state index in [1.807, 2.05) is 6.07 Å². The van der Waals surface area contributed by atoms with Crippen molar-refractivity contribution in [3.05, 3.63) is 70.8 Å². The molecule has 0 spiro atoms. The van der Waals surface area contributed by atoms with Gasteiger partial charge in [-0.1, -0.05) is 48.0 Å². The molecule has 4 nitrogen and oxygen atoms in total. The second kappa shape index (κ2) is 7.03. The van der Waals surface area contributed by atoms with E-state index >= 15 is 0 Å². The second-order valence-corrected chi connectivity index (χ2v) is 5.81. The highest BCUT2D eigenvalue weighted by molar-refractivity contribution is 6.31. The fraction of sp³-hybridized carbons (Fsp3) is 0.111. The molecule has 0 unspecified atom stereocenters. The number of benzene rings is 2. The lowest BCUT2D eigenvalue weighted by molar-refractivity contribution is 0.102. The Bertz CT molecular complexity index is 926. The Labute approximate surface area is 148 Å². The van der Waals surface area contributed by atoms with Crippen LogP contribution in [-0.4, -0.2) is 15.7 Å². The summed E-state index contributed by atoms with van der Waals surface area (Å²) in [6.07, 6.45) is 1.38. The van der Waals surface area contributed by atoms with Gasteiger partial charge < -0.3 is 5.32 Å². The molecule has 0 saturated heterocycles. The third-order valence-corrected chi connectivity index (χ3v) is 3.99. The topological polar surface area (TPSA) is 46.9 Å². The number of rotatable bonds is 4. The van der Waals surface area contributed by atoms with Crippen LogP contribution in [0.1, 0.15) is 16.1 Å². The zero-order chi connectivity index (χ0) is 18.0. The third kappa shape index (κ3) is 3.39. The minimum Gasteiger partial charge on any atom is -0.319 e. The molecule has 128 valence electrons. The van der Waals surface area contributed by atoms with Crippen LogP contribution in [-0.2, 0) is 13.7 Å². The molecule has 0 bridgehead atoms. The van der Waals surface area contributed by atoms with Gasteiger partial charge in [0.25, 0.3) is 5.91 Å². The molecule has 7 heteroatoms. The number of carbonyl (C=O) groups is 1. The SMILES string of the molecule is Cn1cc(C(=O)Nc2c(-c3ccccc3)ccc(Cl)c2F)c(CF)n1. The number of halogens is 3. The van der Waals surface area contributed by atoms with Crippen LogP contribution in [0.4, 0.5) is 14.5 Å². The molecule has 1 heterocycles. The van der Waals surface area contributed by atoms with E-state index in [-0.39, 0.29) is 22.0 Å². The van der Waals surface area contributed by atoms with Gasteiger partial charge in [0.1, 0.15) is 12.4 Å². The van der Waals surface area contributed by atoms with Crippen molar-refractivity contribution in [3.8, 4) is 11.1 Å². The average molecular weight is 362 g/mol. The van der Waals surface area contributed by atoms with Gasteiger partial charge in [-0.25, -0.2) is 8.78 Å². The zero-order valence-corrected chi connectivity index (χ0v) is 14.0. The first-order valence-electron chi connectivity index (χ1n) is 7.44. The summed E-state index contributed by atoms with van der Waals surface area (Å²) < 4.78 is 28.9. The molecule has 0 aliphatic heterocycles. The minimum absolute atomic E-state index is 0.0105. The van der Waals surface area contributed by atoms with Crippen molar-refractivity contribution < 1.29 is 13.6 Å². The van der Waals surface area contributed by atoms with Gasteiger partial charge in [0.2, 0.25) is 0 Å². The Morgan fingerprint density at radius 3 is 2.64 bits per heavy atom. The predicted molar refractivity (Wildman–Crippen MR) is 92.8 cm³/mol. The van der Waals surface area contributed by atoms with Gasteiger partial charge in [0, 0.05) is 18.8 Å². The van der Waals surface area contributed by atoms with Crippen LogP contribution in [0.5, 0.6) is 0 Å². The smallest absolute Gasteiger partial charge is 0.259 e. The highest BCUT2D eigenvalue weighted by atomic mass is 35.5. The standard InChI is InChI=1S/C18H14ClF2N3O/c1-24-10-13(15(9-20)23-24)18(25)22-17-12(7-8-14(19)16(17)21)11-5-3-2-4-6-11/h2-8,10H,9H2,1H3,(H,22,25). The van der Waals surface area contributed by atoms with Crippen LogP contribution in [0, 0.1) is 5.82 Å². The van der Waals surface area contributed by atoms with Crippen LogP contribution in [0.2, 0.25) is 5.02 Å². The second-order valence-electron chi connectivity index (χ2n) is 5.40. The van der Waals surface area contributed by atoms with E-state index in [1.54, 1.807) is 37.4 Å². The van der Waals surface area contributed by atoms with Crippen molar-refractivity contribution >= 4 is 23.2 Å². The van der Waals surface area contributed by atoms with E-state index in [1.165, 1.54) is 16.9 Å². The average Bonchev–Trinajstić information content (AvgIpc) is 3.01. The van der Waals surface area contributed by atoms with Crippen molar-refractivity contribution in [1.82, 2.24) is 9.78 Å². The number of amides is 1. The Balaban J connectivity index is 2.04. The third-order valence-electron chi connectivity index (χ3n) is 3.69. The number of hydrogen-bond acceptors (Lipinski definition) is 2. The summed E-state index contributed by atoms with van der Waals surface area (Å²) in [5, 5.41) is 6.26. The van der Waals surface area contributed by atoms with E-state index in [9.17, 15) is 13.6 Å². The predicted octanol–water partition coefficient (Wildman–Crippen LogP) is 4.60. The molecule has 0 saturated carbocycles. The number of nitrogens with zero attached hydrogens (tertiary/aromatic N) is 2. The maximum Gasteiger partial charge on any atom is 0.259 e. The van der Waals surface area contributed by atoms with E-state index in [4.69, 9.17) is 11.6 Å². The van der Waals surface area contributed by atoms with Gasteiger partial charge in [-0.3, -0.25) is 9.48 Å². The first-order valence-corrected chi connectivity index (χ1v) is 7.82. The molecule has 0 atom stereocenters. The van der Waals surface area contributed by atoms with E-state index in [2.05, 4.69) is 10.4 Å². The summed E-state index contributed by atoms with van der Waals surface area (Å²) in [6, 6.07) is 12.1. The van der Waals surface area contributed by atoms with Gasteiger partial charge in [0.15, 0.2) is 5.82 Å². The molecule has 0 radical (unpaired) electrons. The normalized spacial score (nSPS) is 10.7. The van der Waals surface area contributed by atoms with Crippen molar-refractivity contribution in [1.29, 1.82) is 0 Å². The molecule has 1 amide bonds. The summed E-state index contributed by atoms with van der Waals surface area (Å²) in [5.41, 5.74) is 1.16. The van der Waals surface area contributed by atoms with E-state index in [0.29, 0.717) is 11.1 Å². The number of carbonyl (C=O) groups excluding carboxylic acids is 1. The number of alkyl halides is 1. The van der Waals surface area contributed by atoms with E-state index in [0.717, 1.165) is 0 Å². The lowest BCUT2D eigenvalue weighted by atomic mass is 10.0. The summed E-state index contributed by atoms with van der Waals surface area (Å²) in [4.78, 5) is 12.5. The highest BCUT2D eigenvalue weighted by Gasteiger charge is 2.20. The number of anilines is 1. The molecule has 25 heavy (non-hydrogen) atoms. The fourth-order valence-electron chi connectivity index (χ4n) is 2.53. The molecule has 3 rings (SSSR count). The largest absolute Gasteiger partial charge is 0.319 e. The number of aryl methyl sites for hydroxylation is 1. The molecular formula is C18H14ClF2N3O. The maximum absolute atomic E-state index is 14.6. The van der Waals surface area contributed by atoms with Gasteiger partial charge in [0.05, 0.1) is 16.3 Å². The molecule has 1 aromatic heterocycles. The Morgan fingerprint density at radius 1 is 1.24 bits per heavy atom. The van der Waals surface area contributed by atoms with Gasteiger partial charge in [-0.05, 0) is 11.6 Å². The fourth-order valence-corrected chi connectivity index (χ4v) is 2.69. The Morgan fingerprint density at radius 2 is 1.96 bits per heavy atom. The van der Waals surface area contributed by atoms with E-state index < -0.39 is 18.4 Å². The summed E-state index contributed by atoms with van der Waals surface area (Å²) in [6.45, 7) is -0.896.